The number of rotatable bonds is 8. The SMILES string of the molecule is CCCCCn1c2nc(Br)[nH]c2c(=O)n2c(CCc3nc(-c4cccnc4)no3)nnc12.O=C(O)C(F)(F)F. The van der Waals surface area contributed by atoms with E-state index in [0.717, 1.165) is 24.8 Å². The van der Waals surface area contributed by atoms with Crippen molar-refractivity contribution in [2.45, 2.75) is 51.7 Å². The van der Waals surface area contributed by atoms with Gasteiger partial charge in [0.15, 0.2) is 15.9 Å². The Kier molecular flexibility index (Phi) is 8.37. The third-order valence-corrected chi connectivity index (χ3v) is 5.84. The van der Waals surface area contributed by atoms with E-state index in [1.54, 1.807) is 12.4 Å². The molecule has 17 heteroatoms. The lowest BCUT2D eigenvalue weighted by molar-refractivity contribution is -0.192. The molecule has 5 aromatic heterocycles. The maximum Gasteiger partial charge on any atom is 0.490 e. The summed E-state index contributed by atoms with van der Waals surface area (Å²) in [6.07, 6.45) is 2.24. The number of aromatic amines is 1. The summed E-state index contributed by atoms with van der Waals surface area (Å²) < 4.78 is 41.1. The molecule has 0 atom stereocenters. The molecular formula is C22H21BrF3N9O4. The molecule has 0 aliphatic carbocycles. The highest BCUT2D eigenvalue weighted by molar-refractivity contribution is 9.10. The van der Waals surface area contributed by atoms with E-state index >= 15 is 0 Å². The molecule has 39 heavy (non-hydrogen) atoms. The standard InChI is InChI=1S/C20H20BrN9O2.C2HF3O2/c1-2-3-4-10-29-17-15(24-19(21)25-17)18(31)30-13(26-27-20(29)30)7-8-14-23-16(28-32-14)12-6-5-9-22-11-12;3-2(4,5)1(6)7/h5-6,9,11H,2-4,7-8,10H2,1H3,(H,24,25);(H,6,7). The van der Waals surface area contributed by atoms with Crippen molar-refractivity contribution in [1.29, 1.82) is 0 Å². The highest BCUT2D eigenvalue weighted by atomic mass is 79.9. The van der Waals surface area contributed by atoms with E-state index in [1.165, 1.54) is 4.40 Å². The number of aryl methyl sites for hydroxylation is 3. The van der Waals surface area contributed by atoms with Gasteiger partial charge in [-0.2, -0.15) is 18.2 Å². The molecule has 2 N–H and O–H groups in total. The van der Waals surface area contributed by atoms with Crippen LogP contribution in [-0.4, -0.2) is 61.5 Å². The number of carboxylic acids is 1. The Balaban J connectivity index is 0.000000448. The first-order valence-electron chi connectivity index (χ1n) is 11.6. The van der Waals surface area contributed by atoms with Gasteiger partial charge in [0.1, 0.15) is 5.82 Å². The number of pyridine rings is 1. The average Bonchev–Trinajstić information content (AvgIpc) is 3.64. The summed E-state index contributed by atoms with van der Waals surface area (Å²) >= 11 is 3.34. The fourth-order valence-electron chi connectivity index (χ4n) is 3.65. The molecule has 0 fully saturated rings. The van der Waals surface area contributed by atoms with Crippen molar-refractivity contribution in [3.8, 4) is 11.4 Å². The van der Waals surface area contributed by atoms with Crippen molar-refractivity contribution in [1.82, 2.24) is 44.3 Å². The Labute approximate surface area is 225 Å². The molecule has 5 heterocycles. The van der Waals surface area contributed by atoms with Gasteiger partial charge in [0.05, 0.1) is 0 Å². The van der Waals surface area contributed by atoms with E-state index in [-0.39, 0.29) is 5.56 Å². The number of aromatic nitrogens is 9. The molecule has 0 aliphatic heterocycles. The molecule has 5 rings (SSSR count). The number of halogens is 4. The third-order valence-electron chi connectivity index (χ3n) is 5.46. The second-order valence-electron chi connectivity index (χ2n) is 8.20. The quantitative estimate of drug-likeness (QED) is 0.195. The first-order valence-corrected chi connectivity index (χ1v) is 12.4. The van der Waals surface area contributed by atoms with Crippen molar-refractivity contribution in [2.24, 2.45) is 0 Å². The molecule has 0 amide bonds. The van der Waals surface area contributed by atoms with E-state index in [4.69, 9.17) is 14.4 Å². The van der Waals surface area contributed by atoms with E-state index in [9.17, 15) is 18.0 Å². The number of H-pyrrole nitrogens is 1. The van der Waals surface area contributed by atoms with Gasteiger partial charge in [-0.1, -0.05) is 24.9 Å². The number of alkyl halides is 3. The number of nitrogens with one attached hydrogen (secondary N) is 1. The number of hydrogen-bond donors (Lipinski definition) is 2. The molecular weight excluding hydrogens is 591 g/mol. The molecule has 13 nitrogen and oxygen atoms in total. The van der Waals surface area contributed by atoms with Gasteiger partial charge in [-0.05, 0) is 34.5 Å². The largest absolute Gasteiger partial charge is 0.490 e. The van der Waals surface area contributed by atoms with Crippen molar-refractivity contribution >= 4 is 38.8 Å². The first-order chi connectivity index (χ1) is 18.6. The van der Waals surface area contributed by atoms with Gasteiger partial charge >= 0.3 is 12.1 Å². The maximum atomic E-state index is 13.2. The van der Waals surface area contributed by atoms with Gasteiger partial charge in [0.25, 0.3) is 5.56 Å². The number of nitrogens with zero attached hydrogens (tertiary/aromatic N) is 8. The van der Waals surface area contributed by atoms with Crippen LogP contribution in [0.15, 0.2) is 38.6 Å². The highest BCUT2D eigenvalue weighted by Crippen LogP contribution is 2.18. The van der Waals surface area contributed by atoms with Gasteiger partial charge in [0.2, 0.25) is 17.5 Å². The highest BCUT2D eigenvalue weighted by Gasteiger charge is 2.38. The maximum absolute atomic E-state index is 13.2. The number of unbranched alkanes of at least 4 members (excludes halogenated alkanes) is 2. The molecule has 0 saturated heterocycles. The van der Waals surface area contributed by atoms with E-state index < -0.39 is 12.1 Å². The van der Waals surface area contributed by atoms with Crippen LogP contribution in [0.2, 0.25) is 0 Å². The number of carbonyl (C=O) groups is 1. The van der Waals surface area contributed by atoms with Gasteiger partial charge in [0, 0.05) is 37.3 Å². The Morgan fingerprint density at radius 2 is 1.97 bits per heavy atom. The van der Waals surface area contributed by atoms with Crippen LogP contribution in [0.1, 0.15) is 37.9 Å². The van der Waals surface area contributed by atoms with Crippen LogP contribution in [0, 0.1) is 0 Å². The van der Waals surface area contributed by atoms with E-state index in [1.807, 2.05) is 16.7 Å². The minimum absolute atomic E-state index is 0.235. The normalized spacial score (nSPS) is 11.6. The van der Waals surface area contributed by atoms with Gasteiger partial charge in [-0.15, -0.1) is 10.2 Å². The monoisotopic (exact) mass is 611 g/mol. The summed E-state index contributed by atoms with van der Waals surface area (Å²) in [4.78, 5) is 38.0. The van der Waals surface area contributed by atoms with E-state index in [0.29, 0.717) is 58.6 Å². The lowest BCUT2D eigenvalue weighted by Gasteiger charge is -2.09. The van der Waals surface area contributed by atoms with Crippen molar-refractivity contribution in [3.05, 3.63) is 51.3 Å². The molecule has 0 aromatic carbocycles. The zero-order chi connectivity index (χ0) is 28.2. The Morgan fingerprint density at radius 3 is 2.64 bits per heavy atom. The van der Waals surface area contributed by atoms with Crippen molar-refractivity contribution in [3.63, 3.8) is 0 Å². The molecule has 0 radical (unpaired) electrons. The van der Waals surface area contributed by atoms with Crippen LogP contribution in [-0.2, 0) is 24.2 Å². The van der Waals surface area contributed by atoms with Crippen LogP contribution in [0.4, 0.5) is 13.2 Å². The fourth-order valence-corrected chi connectivity index (χ4v) is 4.02. The summed E-state index contributed by atoms with van der Waals surface area (Å²) in [7, 11) is 0. The van der Waals surface area contributed by atoms with Gasteiger partial charge in [-0.3, -0.25) is 14.3 Å². The van der Waals surface area contributed by atoms with Crippen LogP contribution in [0.3, 0.4) is 0 Å². The summed E-state index contributed by atoms with van der Waals surface area (Å²) in [5.74, 6) is -0.819. The minimum Gasteiger partial charge on any atom is -0.475 e. The molecule has 0 unspecified atom stereocenters. The number of fused-ring (bicyclic) bond motifs is 2. The molecule has 5 aromatic rings. The average molecular weight is 612 g/mol. The Hall–Kier alpha value is -4.15. The molecule has 0 saturated carbocycles. The molecule has 0 spiro atoms. The molecule has 206 valence electrons. The van der Waals surface area contributed by atoms with E-state index in [2.05, 4.69) is 58.1 Å². The summed E-state index contributed by atoms with van der Waals surface area (Å²) in [5, 5.41) is 19.7. The Bertz CT molecular complexity index is 1640. The second-order valence-corrected chi connectivity index (χ2v) is 8.95. The predicted octanol–water partition coefficient (Wildman–Crippen LogP) is 3.58. The summed E-state index contributed by atoms with van der Waals surface area (Å²) in [5.41, 5.74) is 1.53. The molecule has 0 bridgehead atoms. The lowest BCUT2D eigenvalue weighted by atomic mass is 10.2. The lowest BCUT2D eigenvalue weighted by Crippen LogP contribution is -2.21. The number of imidazole rings is 1. The summed E-state index contributed by atoms with van der Waals surface area (Å²) in [6.45, 7) is 2.84. The van der Waals surface area contributed by atoms with Gasteiger partial charge < -0.3 is 14.6 Å². The second kappa shape index (κ2) is 11.7. The topological polar surface area (TPSA) is 170 Å². The van der Waals surface area contributed by atoms with Crippen molar-refractivity contribution in [2.75, 3.05) is 0 Å². The fraction of sp³-hybridized carbons (Fsp3) is 0.364. The zero-order valence-electron chi connectivity index (χ0n) is 20.3. The van der Waals surface area contributed by atoms with Crippen LogP contribution in [0.5, 0.6) is 0 Å². The summed E-state index contributed by atoms with van der Waals surface area (Å²) in [6, 6.07) is 3.68. The smallest absolute Gasteiger partial charge is 0.475 e. The first kappa shape index (κ1) is 27.9. The Morgan fingerprint density at radius 1 is 1.21 bits per heavy atom. The van der Waals surface area contributed by atoms with Crippen LogP contribution < -0.4 is 5.56 Å². The van der Waals surface area contributed by atoms with Crippen molar-refractivity contribution < 1.29 is 27.6 Å². The number of hydrogen-bond acceptors (Lipinski definition) is 9. The minimum atomic E-state index is -5.08. The van der Waals surface area contributed by atoms with Crippen LogP contribution in [0.25, 0.3) is 28.3 Å². The number of aliphatic carboxylic acids is 1. The number of carboxylic acid groups (broad SMARTS) is 1. The predicted molar refractivity (Wildman–Crippen MR) is 133 cm³/mol. The molecule has 0 aliphatic rings. The third kappa shape index (κ3) is 6.30. The van der Waals surface area contributed by atoms with Gasteiger partial charge in [-0.25, -0.2) is 14.2 Å². The van der Waals surface area contributed by atoms with Crippen LogP contribution >= 0.6 is 15.9 Å². The zero-order valence-corrected chi connectivity index (χ0v) is 21.9.